The van der Waals surface area contributed by atoms with Crippen molar-refractivity contribution < 1.29 is 4.79 Å². The summed E-state index contributed by atoms with van der Waals surface area (Å²) in [4.78, 5) is 26.0. The predicted octanol–water partition coefficient (Wildman–Crippen LogP) is 2.12. The van der Waals surface area contributed by atoms with Gasteiger partial charge in [0.05, 0.1) is 5.69 Å². The number of carbonyl (C=O) groups is 1. The van der Waals surface area contributed by atoms with Crippen LogP contribution in [0.3, 0.4) is 0 Å². The first-order chi connectivity index (χ1) is 12.1. The van der Waals surface area contributed by atoms with Crippen molar-refractivity contribution in [3.05, 3.63) is 46.6 Å². The highest BCUT2D eigenvalue weighted by Crippen LogP contribution is 2.27. The van der Waals surface area contributed by atoms with Crippen LogP contribution < -0.4 is 5.69 Å². The van der Waals surface area contributed by atoms with E-state index >= 15 is 0 Å². The molecule has 25 heavy (non-hydrogen) atoms. The van der Waals surface area contributed by atoms with Crippen molar-refractivity contribution in [3.63, 3.8) is 0 Å². The summed E-state index contributed by atoms with van der Waals surface area (Å²) in [6.07, 6.45) is 3.57. The number of hydrogen-bond donors (Lipinski definition) is 0. The number of piperidine rings is 1. The van der Waals surface area contributed by atoms with Crippen molar-refractivity contribution in [2.24, 2.45) is 7.05 Å². The summed E-state index contributed by atoms with van der Waals surface area (Å²) in [6, 6.07) is 9.73. The van der Waals surface area contributed by atoms with E-state index in [9.17, 15) is 9.59 Å². The SMILES string of the molecule is CC(=O)CCCN1CCC(c2nn(C)c(=O)n2-c2ccccc2)CC1. The summed E-state index contributed by atoms with van der Waals surface area (Å²) in [5, 5.41) is 4.52. The molecule has 0 atom stereocenters. The van der Waals surface area contributed by atoms with Crippen LogP contribution >= 0.6 is 0 Å². The van der Waals surface area contributed by atoms with E-state index in [-0.39, 0.29) is 17.4 Å². The Kier molecular flexibility index (Phi) is 5.48. The predicted molar refractivity (Wildman–Crippen MR) is 97.1 cm³/mol. The van der Waals surface area contributed by atoms with E-state index in [1.807, 2.05) is 30.3 Å². The number of para-hydroxylation sites is 1. The number of carbonyl (C=O) groups excluding carboxylic acids is 1. The average molecular weight is 342 g/mol. The lowest BCUT2D eigenvalue weighted by molar-refractivity contribution is -0.117. The fourth-order valence-electron chi connectivity index (χ4n) is 3.53. The topological polar surface area (TPSA) is 60.1 Å². The highest BCUT2D eigenvalue weighted by Gasteiger charge is 2.26. The number of likely N-dealkylation sites (tertiary alicyclic amines) is 1. The van der Waals surface area contributed by atoms with Crippen LogP contribution in [0.5, 0.6) is 0 Å². The molecule has 0 unspecified atom stereocenters. The molecule has 0 aliphatic carbocycles. The van der Waals surface area contributed by atoms with Gasteiger partial charge in [-0.25, -0.2) is 14.0 Å². The van der Waals surface area contributed by atoms with E-state index in [1.165, 1.54) is 4.68 Å². The Morgan fingerprint density at radius 2 is 1.88 bits per heavy atom. The quantitative estimate of drug-likeness (QED) is 0.807. The van der Waals surface area contributed by atoms with Gasteiger partial charge >= 0.3 is 5.69 Å². The van der Waals surface area contributed by atoms with Gasteiger partial charge in [-0.05, 0) is 58.0 Å². The molecular formula is C19H26N4O2. The minimum Gasteiger partial charge on any atom is -0.303 e. The normalized spacial score (nSPS) is 16.2. The highest BCUT2D eigenvalue weighted by molar-refractivity contribution is 5.75. The maximum atomic E-state index is 12.5. The number of ketones is 1. The van der Waals surface area contributed by atoms with Crippen LogP contribution in [0.25, 0.3) is 5.69 Å². The zero-order chi connectivity index (χ0) is 17.8. The van der Waals surface area contributed by atoms with Gasteiger partial charge in [0.2, 0.25) is 0 Å². The minimum atomic E-state index is -0.0925. The molecule has 0 bridgehead atoms. The molecule has 0 spiro atoms. The average Bonchev–Trinajstić information content (AvgIpc) is 2.91. The number of aromatic nitrogens is 3. The second kappa shape index (κ2) is 7.78. The molecule has 0 amide bonds. The number of Topliss-reactive ketones (excluding diaryl/α,β-unsaturated/α-hetero) is 1. The lowest BCUT2D eigenvalue weighted by atomic mass is 9.95. The van der Waals surface area contributed by atoms with E-state index in [4.69, 9.17) is 0 Å². The summed E-state index contributed by atoms with van der Waals surface area (Å²) in [7, 11) is 1.71. The molecule has 1 fully saturated rings. The smallest absolute Gasteiger partial charge is 0.303 e. The zero-order valence-electron chi connectivity index (χ0n) is 15.0. The first-order valence-electron chi connectivity index (χ1n) is 8.99. The fourth-order valence-corrected chi connectivity index (χ4v) is 3.53. The first kappa shape index (κ1) is 17.6. The lowest BCUT2D eigenvalue weighted by Crippen LogP contribution is -2.35. The molecule has 1 aliphatic rings. The molecular weight excluding hydrogens is 316 g/mol. The van der Waals surface area contributed by atoms with E-state index in [2.05, 4.69) is 10.00 Å². The molecule has 0 N–H and O–H groups in total. The number of rotatable bonds is 6. The van der Waals surface area contributed by atoms with Crippen LogP contribution in [-0.2, 0) is 11.8 Å². The Hall–Kier alpha value is -2.21. The molecule has 6 nitrogen and oxygen atoms in total. The summed E-state index contributed by atoms with van der Waals surface area (Å²) in [5.74, 6) is 1.41. The van der Waals surface area contributed by atoms with Crippen LogP contribution in [0.1, 0.15) is 44.3 Å². The van der Waals surface area contributed by atoms with Crippen molar-refractivity contribution in [3.8, 4) is 5.69 Å². The molecule has 1 saturated heterocycles. The Bertz CT molecular complexity index is 770. The summed E-state index contributed by atoms with van der Waals surface area (Å²) >= 11 is 0. The van der Waals surface area contributed by atoms with E-state index in [0.29, 0.717) is 6.42 Å². The van der Waals surface area contributed by atoms with Crippen LogP contribution in [-0.4, -0.2) is 44.7 Å². The third kappa shape index (κ3) is 4.07. The molecule has 1 aromatic carbocycles. The second-order valence-electron chi connectivity index (χ2n) is 6.86. The Balaban J connectivity index is 1.71. The van der Waals surface area contributed by atoms with E-state index < -0.39 is 0 Å². The van der Waals surface area contributed by atoms with Gasteiger partial charge in [0.25, 0.3) is 0 Å². The molecule has 134 valence electrons. The molecule has 6 heteroatoms. The fraction of sp³-hybridized carbons (Fsp3) is 0.526. The minimum absolute atomic E-state index is 0.0925. The van der Waals surface area contributed by atoms with Crippen LogP contribution in [0.15, 0.2) is 35.1 Å². The lowest BCUT2D eigenvalue weighted by Gasteiger charge is -2.31. The molecule has 2 aromatic rings. The van der Waals surface area contributed by atoms with Gasteiger partial charge in [-0.15, -0.1) is 0 Å². The van der Waals surface area contributed by atoms with E-state index in [0.717, 1.165) is 50.4 Å². The van der Waals surface area contributed by atoms with Crippen LogP contribution in [0.4, 0.5) is 0 Å². The second-order valence-corrected chi connectivity index (χ2v) is 6.86. The third-order valence-corrected chi connectivity index (χ3v) is 4.92. The van der Waals surface area contributed by atoms with Crippen molar-refractivity contribution in [1.82, 2.24) is 19.2 Å². The van der Waals surface area contributed by atoms with Crippen molar-refractivity contribution in [1.29, 1.82) is 0 Å². The van der Waals surface area contributed by atoms with Gasteiger partial charge in [-0.2, -0.15) is 5.10 Å². The number of aryl methyl sites for hydroxylation is 1. The van der Waals surface area contributed by atoms with Gasteiger partial charge in [0.15, 0.2) is 0 Å². The van der Waals surface area contributed by atoms with Gasteiger partial charge < -0.3 is 9.69 Å². The van der Waals surface area contributed by atoms with Crippen molar-refractivity contribution in [2.45, 2.75) is 38.5 Å². The number of hydrogen-bond acceptors (Lipinski definition) is 4. The zero-order valence-corrected chi connectivity index (χ0v) is 15.0. The Morgan fingerprint density at radius 3 is 2.52 bits per heavy atom. The Morgan fingerprint density at radius 1 is 1.20 bits per heavy atom. The first-order valence-corrected chi connectivity index (χ1v) is 8.99. The van der Waals surface area contributed by atoms with E-state index in [1.54, 1.807) is 18.5 Å². The summed E-state index contributed by atoms with van der Waals surface area (Å²) in [5.41, 5.74) is 0.782. The van der Waals surface area contributed by atoms with Crippen molar-refractivity contribution in [2.75, 3.05) is 19.6 Å². The summed E-state index contributed by atoms with van der Waals surface area (Å²) < 4.78 is 3.18. The van der Waals surface area contributed by atoms with Gasteiger partial charge in [0, 0.05) is 19.4 Å². The maximum absolute atomic E-state index is 12.5. The summed E-state index contributed by atoms with van der Waals surface area (Å²) in [6.45, 7) is 4.60. The molecule has 1 aromatic heterocycles. The highest BCUT2D eigenvalue weighted by atomic mass is 16.2. The van der Waals surface area contributed by atoms with Crippen LogP contribution in [0.2, 0.25) is 0 Å². The monoisotopic (exact) mass is 342 g/mol. The third-order valence-electron chi connectivity index (χ3n) is 4.92. The number of nitrogens with zero attached hydrogens (tertiary/aromatic N) is 4. The van der Waals surface area contributed by atoms with Crippen LogP contribution in [0, 0.1) is 0 Å². The standard InChI is InChI=1S/C19H26N4O2/c1-15(24)7-6-12-22-13-10-16(11-14-22)18-20-21(2)19(25)23(18)17-8-4-3-5-9-17/h3-5,8-9,16H,6-7,10-14H2,1-2H3. The maximum Gasteiger partial charge on any atom is 0.350 e. The van der Waals surface area contributed by atoms with Crippen molar-refractivity contribution >= 4 is 5.78 Å². The molecule has 0 saturated carbocycles. The number of benzene rings is 1. The van der Waals surface area contributed by atoms with Gasteiger partial charge in [0.1, 0.15) is 11.6 Å². The molecule has 2 heterocycles. The largest absolute Gasteiger partial charge is 0.350 e. The van der Waals surface area contributed by atoms with Gasteiger partial charge in [-0.3, -0.25) is 0 Å². The van der Waals surface area contributed by atoms with Gasteiger partial charge in [-0.1, -0.05) is 18.2 Å². The molecule has 0 radical (unpaired) electrons. The molecule has 3 rings (SSSR count). The Labute approximate surface area is 148 Å². The molecule has 1 aliphatic heterocycles.